The lowest BCUT2D eigenvalue weighted by atomic mass is 10.2. The smallest absolute Gasteiger partial charge is 0.234 e. The molecule has 1 saturated heterocycles. The summed E-state index contributed by atoms with van der Waals surface area (Å²) in [6, 6.07) is 8.50. The summed E-state index contributed by atoms with van der Waals surface area (Å²) in [4.78, 5) is 16.5. The average molecular weight is 308 g/mol. The number of piperazine rings is 1. The number of carbonyl (C=O) groups excluding carboxylic acids is 1. The highest BCUT2D eigenvalue weighted by molar-refractivity contribution is 6.30. The Balaban J connectivity index is 1.40. The number of hydrogen-bond acceptors (Lipinski definition) is 3. The molecular formula is C16H22ClN3O. The van der Waals surface area contributed by atoms with E-state index in [-0.39, 0.29) is 5.91 Å². The lowest BCUT2D eigenvalue weighted by molar-refractivity contribution is -0.122. The molecule has 1 amide bonds. The molecule has 0 unspecified atom stereocenters. The van der Waals surface area contributed by atoms with E-state index in [1.165, 1.54) is 5.56 Å². The zero-order valence-electron chi connectivity index (χ0n) is 12.2. The fourth-order valence-corrected chi connectivity index (χ4v) is 2.78. The second kappa shape index (κ2) is 6.77. The zero-order chi connectivity index (χ0) is 14.7. The van der Waals surface area contributed by atoms with Crippen molar-refractivity contribution in [2.75, 3.05) is 32.7 Å². The Labute approximate surface area is 131 Å². The molecule has 1 aromatic carbocycles. The van der Waals surface area contributed by atoms with Crippen LogP contribution in [0.3, 0.4) is 0 Å². The third-order valence-corrected chi connectivity index (χ3v) is 4.35. The number of nitrogens with one attached hydrogen (secondary N) is 1. The molecule has 5 heteroatoms. The van der Waals surface area contributed by atoms with Gasteiger partial charge in [-0.05, 0) is 30.5 Å². The third kappa shape index (κ3) is 4.70. The van der Waals surface area contributed by atoms with Crippen molar-refractivity contribution >= 4 is 17.5 Å². The van der Waals surface area contributed by atoms with E-state index in [2.05, 4.69) is 27.2 Å². The lowest BCUT2D eigenvalue weighted by Crippen LogP contribution is -2.49. The second-order valence-electron chi connectivity index (χ2n) is 6.02. The Hall–Kier alpha value is -1.10. The number of nitrogens with zero attached hydrogens (tertiary/aromatic N) is 2. The van der Waals surface area contributed by atoms with E-state index >= 15 is 0 Å². The van der Waals surface area contributed by atoms with Gasteiger partial charge in [-0.25, -0.2) is 0 Å². The van der Waals surface area contributed by atoms with Gasteiger partial charge in [0.2, 0.25) is 5.91 Å². The molecule has 1 aromatic rings. The molecule has 0 spiro atoms. The van der Waals surface area contributed by atoms with Crippen LogP contribution in [0.5, 0.6) is 0 Å². The predicted octanol–water partition coefficient (Wildman–Crippen LogP) is 1.74. The van der Waals surface area contributed by atoms with Crippen molar-refractivity contribution in [3.63, 3.8) is 0 Å². The molecule has 1 aliphatic carbocycles. The van der Waals surface area contributed by atoms with Crippen LogP contribution in [0.15, 0.2) is 24.3 Å². The van der Waals surface area contributed by atoms with Crippen molar-refractivity contribution in [3.05, 3.63) is 34.9 Å². The Morgan fingerprint density at radius 2 is 1.71 bits per heavy atom. The van der Waals surface area contributed by atoms with Gasteiger partial charge >= 0.3 is 0 Å². The standard InChI is InChI=1S/C16H22ClN3O/c17-14-3-1-13(2-4-14)11-19-7-9-20(10-8-19)12-16(21)18-15-5-6-15/h1-4,15H,5-12H2,(H,18,21). The monoisotopic (exact) mass is 307 g/mol. The number of amides is 1. The number of rotatable bonds is 5. The number of hydrogen-bond donors (Lipinski definition) is 1. The van der Waals surface area contributed by atoms with Gasteiger partial charge in [0, 0.05) is 43.8 Å². The van der Waals surface area contributed by atoms with Gasteiger partial charge in [-0.1, -0.05) is 23.7 Å². The van der Waals surface area contributed by atoms with Crippen LogP contribution in [0.25, 0.3) is 0 Å². The molecule has 2 aliphatic rings. The van der Waals surface area contributed by atoms with Crippen LogP contribution < -0.4 is 5.32 Å². The van der Waals surface area contributed by atoms with E-state index in [0.29, 0.717) is 12.6 Å². The molecular weight excluding hydrogens is 286 g/mol. The Kier molecular flexibility index (Phi) is 4.78. The maximum Gasteiger partial charge on any atom is 0.234 e. The van der Waals surface area contributed by atoms with Crippen LogP contribution in [-0.4, -0.2) is 54.5 Å². The minimum Gasteiger partial charge on any atom is -0.352 e. The minimum absolute atomic E-state index is 0.184. The topological polar surface area (TPSA) is 35.6 Å². The summed E-state index contributed by atoms with van der Waals surface area (Å²) in [5.74, 6) is 0.184. The first-order valence-electron chi connectivity index (χ1n) is 7.67. The molecule has 21 heavy (non-hydrogen) atoms. The number of benzene rings is 1. The van der Waals surface area contributed by atoms with E-state index in [1.54, 1.807) is 0 Å². The maximum atomic E-state index is 11.8. The first-order valence-corrected chi connectivity index (χ1v) is 8.05. The predicted molar refractivity (Wildman–Crippen MR) is 84.3 cm³/mol. The summed E-state index contributed by atoms with van der Waals surface area (Å²) in [5, 5.41) is 3.83. The summed E-state index contributed by atoms with van der Waals surface area (Å²) in [5.41, 5.74) is 1.29. The Morgan fingerprint density at radius 1 is 1.10 bits per heavy atom. The molecule has 1 heterocycles. The number of halogens is 1. The van der Waals surface area contributed by atoms with Gasteiger partial charge in [0.05, 0.1) is 6.54 Å². The van der Waals surface area contributed by atoms with Gasteiger partial charge in [0.15, 0.2) is 0 Å². The first-order chi connectivity index (χ1) is 10.2. The van der Waals surface area contributed by atoms with E-state index in [1.807, 2.05) is 12.1 Å². The molecule has 1 saturated carbocycles. The van der Waals surface area contributed by atoms with Gasteiger partial charge in [-0.2, -0.15) is 0 Å². The average Bonchev–Trinajstić information content (AvgIpc) is 3.27. The molecule has 0 bridgehead atoms. The van der Waals surface area contributed by atoms with Crippen LogP contribution in [0.1, 0.15) is 18.4 Å². The van der Waals surface area contributed by atoms with E-state index in [9.17, 15) is 4.79 Å². The molecule has 2 fully saturated rings. The molecule has 1 aliphatic heterocycles. The van der Waals surface area contributed by atoms with Gasteiger partial charge in [0.1, 0.15) is 0 Å². The van der Waals surface area contributed by atoms with Crippen molar-refractivity contribution < 1.29 is 4.79 Å². The Bertz CT molecular complexity index is 479. The fourth-order valence-electron chi connectivity index (χ4n) is 2.66. The van der Waals surface area contributed by atoms with Crippen molar-refractivity contribution in [2.45, 2.75) is 25.4 Å². The zero-order valence-corrected chi connectivity index (χ0v) is 13.0. The minimum atomic E-state index is 0.184. The van der Waals surface area contributed by atoms with Crippen molar-refractivity contribution in [1.82, 2.24) is 15.1 Å². The molecule has 4 nitrogen and oxygen atoms in total. The molecule has 3 rings (SSSR count). The number of carbonyl (C=O) groups is 1. The van der Waals surface area contributed by atoms with Gasteiger partial charge in [-0.15, -0.1) is 0 Å². The summed E-state index contributed by atoms with van der Waals surface area (Å²) in [7, 11) is 0. The van der Waals surface area contributed by atoms with Crippen molar-refractivity contribution in [1.29, 1.82) is 0 Å². The van der Waals surface area contributed by atoms with Gasteiger partial charge in [0.25, 0.3) is 0 Å². The van der Waals surface area contributed by atoms with E-state index in [4.69, 9.17) is 11.6 Å². The van der Waals surface area contributed by atoms with Crippen LogP contribution in [0.2, 0.25) is 5.02 Å². The lowest BCUT2D eigenvalue weighted by Gasteiger charge is -2.34. The van der Waals surface area contributed by atoms with Crippen LogP contribution in [0.4, 0.5) is 0 Å². The SMILES string of the molecule is O=C(CN1CCN(Cc2ccc(Cl)cc2)CC1)NC1CC1. The molecule has 0 radical (unpaired) electrons. The van der Waals surface area contributed by atoms with Crippen molar-refractivity contribution in [2.24, 2.45) is 0 Å². The quantitative estimate of drug-likeness (QED) is 0.900. The summed E-state index contributed by atoms with van der Waals surface area (Å²) in [6.07, 6.45) is 2.31. The third-order valence-electron chi connectivity index (χ3n) is 4.09. The fraction of sp³-hybridized carbons (Fsp3) is 0.562. The molecule has 1 N–H and O–H groups in total. The highest BCUT2D eigenvalue weighted by atomic mass is 35.5. The Morgan fingerprint density at radius 3 is 2.33 bits per heavy atom. The highest BCUT2D eigenvalue weighted by Crippen LogP contribution is 2.18. The van der Waals surface area contributed by atoms with Gasteiger partial charge < -0.3 is 5.32 Å². The molecule has 114 valence electrons. The second-order valence-corrected chi connectivity index (χ2v) is 6.46. The van der Waals surface area contributed by atoms with Gasteiger partial charge in [-0.3, -0.25) is 14.6 Å². The van der Waals surface area contributed by atoms with Crippen molar-refractivity contribution in [3.8, 4) is 0 Å². The normalized spacial score (nSPS) is 20.4. The summed E-state index contributed by atoms with van der Waals surface area (Å²) >= 11 is 5.90. The van der Waals surface area contributed by atoms with Crippen LogP contribution in [0, 0.1) is 0 Å². The summed E-state index contributed by atoms with van der Waals surface area (Å²) < 4.78 is 0. The van der Waals surface area contributed by atoms with Crippen LogP contribution >= 0.6 is 11.6 Å². The molecule has 0 aromatic heterocycles. The maximum absolute atomic E-state index is 11.8. The first kappa shape index (κ1) is 14.8. The van der Waals surface area contributed by atoms with Crippen LogP contribution in [-0.2, 0) is 11.3 Å². The molecule has 0 atom stereocenters. The highest BCUT2D eigenvalue weighted by Gasteiger charge is 2.25. The largest absolute Gasteiger partial charge is 0.352 e. The summed E-state index contributed by atoms with van der Waals surface area (Å²) in [6.45, 7) is 5.46. The van der Waals surface area contributed by atoms with E-state index < -0.39 is 0 Å². The van der Waals surface area contributed by atoms with E-state index in [0.717, 1.165) is 50.6 Å².